The van der Waals surface area contributed by atoms with E-state index in [1.807, 2.05) is 30.3 Å². The lowest BCUT2D eigenvalue weighted by Gasteiger charge is -2.00. The predicted molar refractivity (Wildman–Crippen MR) is 59.4 cm³/mol. The molecule has 0 saturated heterocycles. The van der Waals surface area contributed by atoms with Crippen LogP contribution in [-0.4, -0.2) is 21.3 Å². The number of carboxylic acids is 1. The first kappa shape index (κ1) is 10.4. The molecule has 0 unspecified atom stereocenters. The second-order valence-corrected chi connectivity index (χ2v) is 3.55. The van der Waals surface area contributed by atoms with Gasteiger partial charge in [0.1, 0.15) is 5.56 Å². The summed E-state index contributed by atoms with van der Waals surface area (Å²) in [6.07, 6.45) is 2.82. The Bertz CT molecular complexity index is 477. The van der Waals surface area contributed by atoms with Crippen molar-refractivity contribution in [2.24, 2.45) is 0 Å². The van der Waals surface area contributed by atoms with E-state index < -0.39 is 5.97 Å². The van der Waals surface area contributed by atoms with Crippen molar-refractivity contribution in [2.75, 3.05) is 0 Å². The van der Waals surface area contributed by atoms with Crippen LogP contribution in [0.25, 0.3) is 0 Å². The molecule has 0 atom stereocenters. The van der Waals surface area contributed by atoms with Crippen molar-refractivity contribution in [3.8, 4) is 0 Å². The highest BCUT2D eigenvalue weighted by Crippen LogP contribution is 2.09. The number of carboxylic acid groups (broad SMARTS) is 1. The first-order valence-corrected chi connectivity index (χ1v) is 5.07. The molecule has 82 valence electrons. The number of aromatic carboxylic acids is 1. The van der Waals surface area contributed by atoms with Gasteiger partial charge in [0.15, 0.2) is 0 Å². The zero-order chi connectivity index (χ0) is 11.4. The van der Waals surface area contributed by atoms with Gasteiger partial charge in [-0.25, -0.2) is 4.79 Å². The van der Waals surface area contributed by atoms with Crippen LogP contribution in [-0.2, 0) is 12.8 Å². The number of aryl methyl sites for hydroxylation is 2. The fourth-order valence-electron chi connectivity index (χ4n) is 1.60. The molecule has 1 aromatic carbocycles. The summed E-state index contributed by atoms with van der Waals surface area (Å²) in [6, 6.07) is 9.96. The summed E-state index contributed by atoms with van der Waals surface area (Å²) in [4.78, 5) is 10.8. The maximum Gasteiger partial charge on any atom is 0.339 e. The Morgan fingerprint density at radius 2 is 2.00 bits per heavy atom. The zero-order valence-corrected chi connectivity index (χ0v) is 8.68. The number of nitrogens with zero attached hydrogens (tertiary/aromatic N) is 1. The maximum atomic E-state index is 10.8. The van der Waals surface area contributed by atoms with E-state index in [1.165, 1.54) is 11.8 Å². The van der Waals surface area contributed by atoms with E-state index in [2.05, 4.69) is 10.2 Å². The summed E-state index contributed by atoms with van der Waals surface area (Å²) in [5.74, 6) is -0.934. The van der Waals surface area contributed by atoms with Gasteiger partial charge in [-0.2, -0.15) is 5.10 Å². The Labute approximate surface area is 92.9 Å². The number of rotatable bonds is 4. The van der Waals surface area contributed by atoms with E-state index in [0.717, 1.165) is 6.42 Å². The highest BCUT2D eigenvalue weighted by Gasteiger charge is 2.11. The van der Waals surface area contributed by atoms with Gasteiger partial charge >= 0.3 is 5.97 Å². The fourth-order valence-corrected chi connectivity index (χ4v) is 1.60. The Balaban J connectivity index is 2.05. The molecule has 16 heavy (non-hydrogen) atoms. The number of hydrogen-bond donors (Lipinski definition) is 2. The van der Waals surface area contributed by atoms with Crippen LogP contribution >= 0.6 is 0 Å². The van der Waals surface area contributed by atoms with Gasteiger partial charge in [0, 0.05) is 0 Å². The number of carbonyl (C=O) groups is 1. The summed E-state index contributed by atoms with van der Waals surface area (Å²) >= 11 is 0. The van der Waals surface area contributed by atoms with Crippen molar-refractivity contribution < 1.29 is 9.90 Å². The Morgan fingerprint density at radius 3 is 2.69 bits per heavy atom. The second kappa shape index (κ2) is 4.61. The topological polar surface area (TPSA) is 66.0 Å². The maximum absolute atomic E-state index is 10.8. The lowest BCUT2D eigenvalue weighted by molar-refractivity contribution is 0.0696. The molecule has 0 radical (unpaired) electrons. The minimum absolute atomic E-state index is 0.260. The standard InChI is InChI=1S/C12H12N2O2/c15-12(16)10-8-13-14-11(10)7-6-9-4-2-1-3-5-9/h1-5,8H,6-7H2,(H,13,14)(H,15,16). The summed E-state index contributed by atoms with van der Waals surface area (Å²) in [5, 5.41) is 15.4. The monoisotopic (exact) mass is 216 g/mol. The fraction of sp³-hybridized carbons (Fsp3) is 0.167. The Kier molecular flexibility index (Phi) is 3.00. The van der Waals surface area contributed by atoms with Gasteiger partial charge in [-0.05, 0) is 18.4 Å². The number of H-pyrrole nitrogens is 1. The quantitative estimate of drug-likeness (QED) is 0.820. The number of aromatic nitrogens is 2. The first-order valence-electron chi connectivity index (χ1n) is 5.07. The molecule has 0 amide bonds. The Morgan fingerprint density at radius 1 is 1.25 bits per heavy atom. The molecule has 1 heterocycles. The van der Waals surface area contributed by atoms with Gasteiger partial charge in [-0.15, -0.1) is 0 Å². The highest BCUT2D eigenvalue weighted by molar-refractivity contribution is 5.88. The molecule has 4 nitrogen and oxygen atoms in total. The average molecular weight is 216 g/mol. The first-order chi connectivity index (χ1) is 7.77. The minimum Gasteiger partial charge on any atom is -0.478 e. The van der Waals surface area contributed by atoms with E-state index in [4.69, 9.17) is 5.11 Å². The van der Waals surface area contributed by atoms with Crippen molar-refractivity contribution in [1.29, 1.82) is 0 Å². The van der Waals surface area contributed by atoms with Crippen LogP contribution in [0, 0.1) is 0 Å². The van der Waals surface area contributed by atoms with E-state index in [0.29, 0.717) is 12.1 Å². The highest BCUT2D eigenvalue weighted by atomic mass is 16.4. The lowest BCUT2D eigenvalue weighted by atomic mass is 10.1. The molecule has 2 N–H and O–H groups in total. The van der Waals surface area contributed by atoms with E-state index in [9.17, 15) is 4.79 Å². The molecule has 2 rings (SSSR count). The lowest BCUT2D eigenvalue weighted by Crippen LogP contribution is -2.01. The molecule has 0 aliphatic heterocycles. The van der Waals surface area contributed by atoms with Crippen molar-refractivity contribution in [1.82, 2.24) is 10.2 Å². The van der Waals surface area contributed by atoms with Gasteiger partial charge in [-0.1, -0.05) is 30.3 Å². The normalized spacial score (nSPS) is 10.2. The SMILES string of the molecule is O=C(O)c1cn[nH]c1CCc1ccccc1. The van der Waals surface area contributed by atoms with Crippen LogP contribution in [0.2, 0.25) is 0 Å². The summed E-state index contributed by atoms with van der Waals surface area (Å²) in [7, 11) is 0. The molecule has 0 saturated carbocycles. The third-order valence-electron chi connectivity index (χ3n) is 2.46. The van der Waals surface area contributed by atoms with Gasteiger partial charge in [0.25, 0.3) is 0 Å². The molecule has 0 aliphatic rings. The van der Waals surface area contributed by atoms with Crippen LogP contribution in [0.3, 0.4) is 0 Å². The van der Waals surface area contributed by atoms with E-state index >= 15 is 0 Å². The van der Waals surface area contributed by atoms with Crippen LogP contribution in [0.4, 0.5) is 0 Å². The summed E-state index contributed by atoms with van der Waals surface area (Å²) in [5.41, 5.74) is 2.13. The van der Waals surface area contributed by atoms with Crippen molar-refractivity contribution in [2.45, 2.75) is 12.8 Å². The number of aromatic amines is 1. The molecule has 4 heteroatoms. The second-order valence-electron chi connectivity index (χ2n) is 3.55. The largest absolute Gasteiger partial charge is 0.478 e. The molecule has 1 aromatic heterocycles. The summed E-state index contributed by atoms with van der Waals surface area (Å²) < 4.78 is 0. The average Bonchev–Trinajstić information content (AvgIpc) is 2.76. The van der Waals surface area contributed by atoms with Crippen LogP contribution in [0.5, 0.6) is 0 Å². The number of nitrogens with one attached hydrogen (secondary N) is 1. The molecule has 2 aromatic rings. The molecule has 0 bridgehead atoms. The smallest absolute Gasteiger partial charge is 0.339 e. The molecule has 0 fully saturated rings. The molecule has 0 spiro atoms. The number of hydrogen-bond acceptors (Lipinski definition) is 2. The van der Waals surface area contributed by atoms with Gasteiger partial charge in [0.2, 0.25) is 0 Å². The van der Waals surface area contributed by atoms with Gasteiger partial charge in [0.05, 0.1) is 11.9 Å². The minimum atomic E-state index is -0.934. The third-order valence-corrected chi connectivity index (χ3v) is 2.46. The van der Waals surface area contributed by atoms with Crippen molar-refractivity contribution >= 4 is 5.97 Å². The van der Waals surface area contributed by atoms with Crippen molar-refractivity contribution in [3.63, 3.8) is 0 Å². The van der Waals surface area contributed by atoms with E-state index in [1.54, 1.807) is 0 Å². The third kappa shape index (κ3) is 2.28. The van der Waals surface area contributed by atoms with Crippen molar-refractivity contribution in [3.05, 3.63) is 53.3 Å². The van der Waals surface area contributed by atoms with Crippen LogP contribution in [0.1, 0.15) is 21.6 Å². The predicted octanol–water partition coefficient (Wildman–Crippen LogP) is 1.89. The molecular weight excluding hydrogens is 204 g/mol. The summed E-state index contributed by atoms with van der Waals surface area (Å²) in [6.45, 7) is 0. The van der Waals surface area contributed by atoms with Crippen LogP contribution in [0.15, 0.2) is 36.5 Å². The molecule has 0 aliphatic carbocycles. The molecular formula is C12H12N2O2. The van der Waals surface area contributed by atoms with E-state index in [-0.39, 0.29) is 5.56 Å². The van der Waals surface area contributed by atoms with Gasteiger partial charge in [-0.3, -0.25) is 5.10 Å². The van der Waals surface area contributed by atoms with Crippen LogP contribution < -0.4 is 0 Å². The number of benzene rings is 1. The van der Waals surface area contributed by atoms with Gasteiger partial charge < -0.3 is 5.11 Å². The zero-order valence-electron chi connectivity index (χ0n) is 8.68. The Hall–Kier alpha value is -2.10.